The van der Waals surface area contributed by atoms with Crippen molar-refractivity contribution in [1.82, 2.24) is 5.32 Å². The minimum Gasteiger partial charge on any atom is -0.394 e. The van der Waals surface area contributed by atoms with Gasteiger partial charge in [0, 0.05) is 25.3 Å². The van der Waals surface area contributed by atoms with Crippen molar-refractivity contribution in [3.05, 3.63) is 0 Å². The van der Waals surface area contributed by atoms with E-state index in [1.165, 1.54) is 0 Å². The predicted molar refractivity (Wildman–Crippen MR) is 69.2 cm³/mol. The first-order chi connectivity index (χ1) is 8.36. The molecule has 0 fully saturated rings. The Morgan fingerprint density at radius 2 is 1.78 bits per heavy atom. The Kier molecular flexibility index (Phi) is 8.58. The van der Waals surface area contributed by atoms with Crippen LogP contribution in [-0.4, -0.2) is 42.2 Å². The molecule has 18 heavy (non-hydrogen) atoms. The molecular weight excluding hydrogens is 234 g/mol. The second kappa shape index (κ2) is 9.05. The van der Waals surface area contributed by atoms with Gasteiger partial charge in [0.25, 0.3) is 0 Å². The van der Waals surface area contributed by atoms with Gasteiger partial charge in [-0.2, -0.15) is 0 Å². The zero-order chi connectivity index (χ0) is 14.1. The molecule has 0 heterocycles. The third-order valence-electron chi connectivity index (χ3n) is 2.44. The SMILES string of the molecule is CC(C)OC(CO)CNC(=O)CCC(=O)C(C)C. The van der Waals surface area contributed by atoms with E-state index < -0.39 is 6.10 Å². The summed E-state index contributed by atoms with van der Waals surface area (Å²) in [5.41, 5.74) is 0. The highest BCUT2D eigenvalue weighted by Crippen LogP contribution is 2.02. The van der Waals surface area contributed by atoms with Crippen molar-refractivity contribution in [1.29, 1.82) is 0 Å². The van der Waals surface area contributed by atoms with E-state index in [1.54, 1.807) is 0 Å². The molecule has 0 aliphatic carbocycles. The zero-order valence-corrected chi connectivity index (χ0v) is 11.7. The number of amides is 1. The van der Waals surface area contributed by atoms with E-state index in [4.69, 9.17) is 9.84 Å². The molecule has 106 valence electrons. The van der Waals surface area contributed by atoms with Gasteiger partial charge in [0.15, 0.2) is 0 Å². The van der Waals surface area contributed by atoms with Crippen molar-refractivity contribution in [2.75, 3.05) is 13.2 Å². The Labute approximate surface area is 109 Å². The number of nitrogens with one attached hydrogen (secondary N) is 1. The molecule has 0 rings (SSSR count). The van der Waals surface area contributed by atoms with E-state index in [0.717, 1.165) is 0 Å². The summed E-state index contributed by atoms with van der Waals surface area (Å²) in [6.07, 6.45) is 0.0612. The minimum atomic E-state index is -0.394. The van der Waals surface area contributed by atoms with Gasteiger partial charge < -0.3 is 15.2 Å². The van der Waals surface area contributed by atoms with Crippen LogP contribution in [0.25, 0.3) is 0 Å². The Hall–Kier alpha value is -0.940. The van der Waals surface area contributed by atoms with Gasteiger partial charge >= 0.3 is 0 Å². The number of hydrogen-bond donors (Lipinski definition) is 2. The van der Waals surface area contributed by atoms with Crippen LogP contribution in [0.15, 0.2) is 0 Å². The van der Waals surface area contributed by atoms with Crippen LogP contribution >= 0.6 is 0 Å². The number of carbonyl (C=O) groups is 2. The number of rotatable bonds is 9. The normalized spacial score (nSPS) is 12.8. The van der Waals surface area contributed by atoms with Crippen LogP contribution in [0.1, 0.15) is 40.5 Å². The van der Waals surface area contributed by atoms with Crippen molar-refractivity contribution >= 4 is 11.7 Å². The maximum atomic E-state index is 11.5. The van der Waals surface area contributed by atoms with Crippen molar-refractivity contribution in [2.24, 2.45) is 5.92 Å². The van der Waals surface area contributed by atoms with E-state index in [1.807, 2.05) is 27.7 Å². The molecule has 0 aliphatic rings. The number of aliphatic hydroxyl groups excluding tert-OH is 1. The molecule has 5 heteroatoms. The summed E-state index contributed by atoms with van der Waals surface area (Å²) in [5, 5.41) is 11.7. The molecule has 2 N–H and O–H groups in total. The number of hydrogen-bond acceptors (Lipinski definition) is 4. The fourth-order valence-corrected chi connectivity index (χ4v) is 1.38. The van der Waals surface area contributed by atoms with Crippen LogP contribution < -0.4 is 5.32 Å². The van der Waals surface area contributed by atoms with Crippen molar-refractivity contribution < 1.29 is 19.4 Å². The monoisotopic (exact) mass is 259 g/mol. The van der Waals surface area contributed by atoms with Crippen LogP contribution in [0.5, 0.6) is 0 Å². The van der Waals surface area contributed by atoms with Gasteiger partial charge in [0.2, 0.25) is 5.91 Å². The predicted octanol–water partition coefficient (Wildman–Crippen LogP) is 0.894. The topological polar surface area (TPSA) is 75.6 Å². The van der Waals surface area contributed by atoms with Gasteiger partial charge in [-0.05, 0) is 13.8 Å². The number of aliphatic hydroxyl groups is 1. The standard InChI is InChI=1S/C13H25NO4/c1-9(2)12(16)5-6-13(17)14-7-11(8-15)18-10(3)4/h9-11,15H,5-8H2,1-4H3,(H,14,17). The summed E-state index contributed by atoms with van der Waals surface area (Å²) < 4.78 is 5.38. The van der Waals surface area contributed by atoms with Crippen LogP contribution in [0.4, 0.5) is 0 Å². The Balaban J connectivity index is 3.84. The van der Waals surface area contributed by atoms with Crippen LogP contribution in [0, 0.1) is 5.92 Å². The second-order valence-electron chi connectivity index (χ2n) is 4.91. The van der Waals surface area contributed by atoms with Gasteiger partial charge in [-0.15, -0.1) is 0 Å². The molecule has 5 nitrogen and oxygen atoms in total. The molecule has 1 amide bonds. The first-order valence-corrected chi connectivity index (χ1v) is 6.42. The summed E-state index contributed by atoms with van der Waals surface area (Å²) >= 11 is 0. The van der Waals surface area contributed by atoms with Crippen LogP contribution in [-0.2, 0) is 14.3 Å². The lowest BCUT2D eigenvalue weighted by molar-refractivity contribution is -0.127. The number of carbonyl (C=O) groups excluding carboxylic acids is 2. The molecule has 0 aliphatic heterocycles. The molecule has 0 aromatic carbocycles. The number of ketones is 1. The molecule has 0 aromatic heterocycles. The molecular formula is C13H25NO4. The lowest BCUT2D eigenvalue weighted by Gasteiger charge is -2.18. The van der Waals surface area contributed by atoms with Crippen LogP contribution in [0.3, 0.4) is 0 Å². The molecule has 0 aromatic rings. The Morgan fingerprint density at radius 3 is 2.22 bits per heavy atom. The summed E-state index contributed by atoms with van der Waals surface area (Å²) in [7, 11) is 0. The summed E-state index contributed by atoms with van der Waals surface area (Å²) in [6, 6.07) is 0. The molecule has 1 unspecified atom stereocenters. The highest BCUT2D eigenvalue weighted by atomic mass is 16.5. The molecule has 0 saturated carbocycles. The first-order valence-electron chi connectivity index (χ1n) is 6.42. The van der Waals surface area contributed by atoms with Crippen molar-refractivity contribution in [2.45, 2.75) is 52.7 Å². The molecule has 1 atom stereocenters. The molecule has 0 bridgehead atoms. The Bertz CT molecular complexity index is 264. The third kappa shape index (κ3) is 8.20. The highest BCUT2D eigenvalue weighted by molar-refractivity contribution is 5.85. The fraction of sp³-hybridized carbons (Fsp3) is 0.846. The summed E-state index contributed by atoms with van der Waals surface area (Å²) in [5.74, 6) is -0.135. The van der Waals surface area contributed by atoms with Gasteiger partial charge in [-0.25, -0.2) is 0 Å². The van der Waals surface area contributed by atoms with Crippen molar-refractivity contribution in [3.8, 4) is 0 Å². The average Bonchev–Trinajstić information content (AvgIpc) is 2.30. The van der Waals surface area contributed by atoms with Gasteiger partial charge in [0.1, 0.15) is 5.78 Å². The summed E-state index contributed by atoms with van der Waals surface area (Å²) in [4.78, 5) is 22.8. The van der Waals surface area contributed by atoms with E-state index in [2.05, 4.69) is 5.32 Å². The lowest BCUT2D eigenvalue weighted by Crippen LogP contribution is -2.37. The van der Waals surface area contributed by atoms with E-state index in [9.17, 15) is 9.59 Å². The lowest BCUT2D eigenvalue weighted by atomic mass is 10.0. The maximum absolute atomic E-state index is 11.5. The van der Waals surface area contributed by atoms with Crippen LogP contribution in [0.2, 0.25) is 0 Å². The number of ether oxygens (including phenoxy) is 1. The van der Waals surface area contributed by atoms with E-state index >= 15 is 0 Å². The van der Waals surface area contributed by atoms with E-state index in [-0.39, 0.29) is 49.7 Å². The Morgan fingerprint density at radius 1 is 1.17 bits per heavy atom. The largest absolute Gasteiger partial charge is 0.394 e. The zero-order valence-electron chi connectivity index (χ0n) is 11.7. The smallest absolute Gasteiger partial charge is 0.220 e. The first kappa shape index (κ1) is 17.1. The maximum Gasteiger partial charge on any atom is 0.220 e. The molecule has 0 radical (unpaired) electrons. The van der Waals surface area contributed by atoms with Gasteiger partial charge in [0.05, 0.1) is 18.8 Å². The average molecular weight is 259 g/mol. The second-order valence-corrected chi connectivity index (χ2v) is 4.91. The fourth-order valence-electron chi connectivity index (χ4n) is 1.38. The van der Waals surface area contributed by atoms with Gasteiger partial charge in [-0.1, -0.05) is 13.8 Å². The van der Waals surface area contributed by atoms with Crippen molar-refractivity contribution in [3.63, 3.8) is 0 Å². The third-order valence-corrected chi connectivity index (χ3v) is 2.44. The minimum absolute atomic E-state index is 0.00145. The highest BCUT2D eigenvalue weighted by Gasteiger charge is 2.13. The quantitative estimate of drug-likeness (QED) is 0.645. The van der Waals surface area contributed by atoms with Gasteiger partial charge in [-0.3, -0.25) is 9.59 Å². The molecule has 0 spiro atoms. The number of Topliss-reactive ketones (excluding diaryl/α,β-unsaturated/α-hetero) is 1. The summed E-state index contributed by atoms with van der Waals surface area (Å²) in [6.45, 7) is 7.50. The van der Waals surface area contributed by atoms with E-state index in [0.29, 0.717) is 0 Å². The molecule has 0 saturated heterocycles.